The maximum atomic E-state index is 5.66. The van der Waals surface area contributed by atoms with E-state index >= 15 is 0 Å². The van der Waals surface area contributed by atoms with E-state index in [4.69, 9.17) is 15.2 Å². The van der Waals surface area contributed by atoms with Gasteiger partial charge in [0, 0.05) is 23.3 Å². The Labute approximate surface area is 114 Å². The van der Waals surface area contributed by atoms with Crippen molar-refractivity contribution in [3.8, 4) is 17.4 Å². The van der Waals surface area contributed by atoms with Gasteiger partial charge in [-0.25, -0.2) is 4.98 Å². The third-order valence-electron chi connectivity index (χ3n) is 2.38. The van der Waals surface area contributed by atoms with Crippen molar-refractivity contribution in [2.75, 3.05) is 7.11 Å². The van der Waals surface area contributed by atoms with Crippen molar-refractivity contribution in [2.24, 2.45) is 5.73 Å². The predicted molar refractivity (Wildman–Crippen MR) is 72.9 cm³/mol. The average Bonchev–Trinajstić information content (AvgIpc) is 2.41. The smallest absolute Gasteiger partial charge is 0.219 e. The second kappa shape index (κ2) is 5.84. The van der Waals surface area contributed by atoms with Crippen LogP contribution in [0.15, 0.2) is 41.0 Å². The number of pyridine rings is 1. The summed E-state index contributed by atoms with van der Waals surface area (Å²) in [4.78, 5) is 4.14. The highest BCUT2D eigenvalue weighted by Crippen LogP contribution is 2.31. The summed E-state index contributed by atoms with van der Waals surface area (Å²) in [5.74, 6) is 1.77. The molecule has 4 nitrogen and oxygen atoms in total. The van der Waals surface area contributed by atoms with Crippen molar-refractivity contribution in [2.45, 2.75) is 6.54 Å². The molecule has 1 aromatic carbocycles. The fourth-order valence-electron chi connectivity index (χ4n) is 1.46. The fraction of sp³-hybridized carbons (Fsp3) is 0.154. The minimum absolute atomic E-state index is 0.465. The first-order valence-corrected chi connectivity index (χ1v) is 6.18. The van der Waals surface area contributed by atoms with Gasteiger partial charge in [-0.1, -0.05) is 6.07 Å². The maximum Gasteiger partial charge on any atom is 0.219 e. The number of methoxy groups -OCH3 is 1. The molecule has 0 fully saturated rings. The second-order valence-corrected chi connectivity index (χ2v) is 4.52. The molecule has 0 radical (unpaired) electrons. The highest BCUT2D eigenvalue weighted by atomic mass is 79.9. The van der Waals surface area contributed by atoms with E-state index in [1.54, 1.807) is 19.4 Å². The number of hydrogen-bond acceptors (Lipinski definition) is 4. The van der Waals surface area contributed by atoms with Crippen LogP contribution in [0.1, 0.15) is 5.56 Å². The van der Waals surface area contributed by atoms with Gasteiger partial charge in [-0.15, -0.1) is 0 Å². The number of rotatable bonds is 4. The summed E-state index contributed by atoms with van der Waals surface area (Å²) in [7, 11) is 1.59. The minimum atomic E-state index is 0.465. The highest BCUT2D eigenvalue weighted by molar-refractivity contribution is 9.10. The van der Waals surface area contributed by atoms with Crippen molar-refractivity contribution < 1.29 is 9.47 Å². The lowest BCUT2D eigenvalue weighted by molar-refractivity contribution is 0.373. The molecule has 0 spiro atoms. The predicted octanol–water partition coefficient (Wildman–Crippen LogP) is 3.10. The number of ether oxygens (including phenoxy) is 2. The van der Waals surface area contributed by atoms with Crippen LogP contribution >= 0.6 is 15.9 Å². The van der Waals surface area contributed by atoms with E-state index in [-0.39, 0.29) is 0 Å². The molecule has 0 aliphatic carbocycles. The summed E-state index contributed by atoms with van der Waals surface area (Å²) in [5.41, 5.74) is 6.57. The molecule has 1 aromatic heterocycles. The fourth-order valence-corrected chi connectivity index (χ4v) is 1.69. The largest absolute Gasteiger partial charge is 0.493 e. The molecule has 0 saturated carbocycles. The number of benzene rings is 1. The van der Waals surface area contributed by atoms with Crippen molar-refractivity contribution >= 4 is 15.9 Å². The number of nitrogens with zero attached hydrogens (tertiary/aromatic N) is 1. The van der Waals surface area contributed by atoms with Gasteiger partial charge in [0.15, 0.2) is 11.5 Å². The van der Waals surface area contributed by atoms with E-state index in [1.807, 2.05) is 24.3 Å². The summed E-state index contributed by atoms with van der Waals surface area (Å²) in [6.45, 7) is 0.465. The first-order chi connectivity index (χ1) is 8.72. The highest BCUT2D eigenvalue weighted by Gasteiger charge is 2.07. The zero-order chi connectivity index (χ0) is 13.0. The van der Waals surface area contributed by atoms with E-state index in [0.717, 1.165) is 10.0 Å². The summed E-state index contributed by atoms with van der Waals surface area (Å²) in [5, 5.41) is 0. The van der Waals surface area contributed by atoms with Crippen LogP contribution in [0.25, 0.3) is 0 Å². The summed E-state index contributed by atoms with van der Waals surface area (Å²) < 4.78 is 11.8. The van der Waals surface area contributed by atoms with Crippen LogP contribution in [0.3, 0.4) is 0 Å². The monoisotopic (exact) mass is 308 g/mol. The standard InChI is InChI=1S/C13H13BrN2O2/c1-17-12-6-9(7-15)2-4-11(12)18-13-5-3-10(14)8-16-13/h2-6,8H,7,15H2,1H3. The Kier molecular flexibility index (Phi) is 4.17. The molecular weight excluding hydrogens is 296 g/mol. The molecule has 0 aliphatic rings. The Morgan fingerprint density at radius 2 is 2.06 bits per heavy atom. The average molecular weight is 309 g/mol. The molecule has 2 aromatic rings. The molecule has 0 bridgehead atoms. The van der Waals surface area contributed by atoms with E-state index in [1.165, 1.54) is 0 Å². The molecule has 0 unspecified atom stereocenters. The molecule has 1 heterocycles. The Hall–Kier alpha value is -1.59. The zero-order valence-electron chi connectivity index (χ0n) is 9.89. The molecule has 18 heavy (non-hydrogen) atoms. The summed E-state index contributed by atoms with van der Waals surface area (Å²) >= 11 is 3.32. The summed E-state index contributed by atoms with van der Waals surface area (Å²) in [6.07, 6.45) is 1.68. The quantitative estimate of drug-likeness (QED) is 0.943. The van der Waals surface area contributed by atoms with Crippen LogP contribution in [0.5, 0.6) is 17.4 Å². The van der Waals surface area contributed by atoms with Gasteiger partial charge in [0.05, 0.1) is 7.11 Å². The molecule has 0 atom stereocenters. The lowest BCUT2D eigenvalue weighted by Gasteiger charge is -2.10. The Morgan fingerprint density at radius 1 is 1.22 bits per heavy atom. The van der Waals surface area contributed by atoms with Gasteiger partial charge in [-0.2, -0.15) is 0 Å². The SMILES string of the molecule is COc1cc(CN)ccc1Oc1ccc(Br)cn1. The first kappa shape index (κ1) is 12.9. The molecule has 2 rings (SSSR count). The zero-order valence-corrected chi connectivity index (χ0v) is 11.5. The van der Waals surface area contributed by atoms with Gasteiger partial charge in [0.1, 0.15) is 0 Å². The first-order valence-electron chi connectivity index (χ1n) is 5.39. The number of halogens is 1. The topological polar surface area (TPSA) is 57.4 Å². The van der Waals surface area contributed by atoms with Gasteiger partial charge >= 0.3 is 0 Å². The lowest BCUT2D eigenvalue weighted by Crippen LogP contribution is -1.98. The van der Waals surface area contributed by atoms with Gasteiger partial charge in [-0.05, 0) is 39.7 Å². The van der Waals surface area contributed by atoms with Crippen molar-refractivity contribution in [1.82, 2.24) is 4.98 Å². The molecule has 2 N–H and O–H groups in total. The van der Waals surface area contributed by atoms with Crippen LogP contribution < -0.4 is 15.2 Å². The number of aromatic nitrogens is 1. The number of nitrogens with two attached hydrogens (primary N) is 1. The van der Waals surface area contributed by atoms with E-state index in [9.17, 15) is 0 Å². The lowest BCUT2D eigenvalue weighted by atomic mass is 10.2. The van der Waals surface area contributed by atoms with Crippen LogP contribution in [0.4, 0.5) is 0 Å². The minimum Gasteiger partial charge on any atom is -0.493 e. The van der Waals surface area contributed by atoms with Gasteiger partial charge < -0.3 is 15.2 Å². The van der Waals surface area contributed by atoms with Gasteiger partial charge in [-0.3, -0.25) is 0 Å². The Bertz CT molecular complexity index is 529. The maximum absolute atomic E-state index is 5.66. The van der Waals surface area contributed by atoms with E-state index < -0.39 is 0 Å². The van der Waals surface area contributed by atoms with Crippen LogP contribution in [-0.2, 0) is 6.54 Å². The Morgan fingerprint density at radius 3 is 2.67 bits per heavy atom. The van der Waals surface area contributed by atoms with Crippen molar-refractivity contribution in [3.63, 3.8) is 0 Å². The Balaban J connectivity index is 2.25. The molecule has 0 amide bonds. The molecule has 94 valence electrons. The van der Waals surface area contributed by atoms with E-state index in [0.29, 0.717) is 23.9 Å². The van der Waals surface area contributed by atoms with Crippen LogP contribution in [0.2, 0.25) is 0 Å². The third-order valence-corrected chi connectivity index (χ3v) is 2.85. The normalized spacial score (nSPS) is 10.2. The molecule has 5 heteroatoms. The third kappa shape index (κ3) is 3.00. The number of hydrogen-bond donors (Lipinski definition) is 1. The second-order valence-electron chi connectivity index (χ2n) is 3.61. The van der Waals surface area contributed by atoms with Crippen LogP contribution in [-0.4, -0.2) is 12.1 Å². The van der Waals surface area contributed by atoms with Crippen molar-refractivity contribution in [3.05, 3.63) is 46.6 Å². The van der Waals surface area contributed by atoms with Gasteiger partial charge in [0.25, 0.3) is 0 Å². The molecular formula is C13H13BrN2O2. The molecule has 0 aliphatic heterocycles. The van der Waals surface area contributed by atoms with Gasteiger partial charge in [0.2, 0.25) is 5.88 Å². The van der Waals surface area contributed by atoms with Crippen LogP contribution in [0, 0.1) is 0 Å². The van der Waals surface area contributed by atoms with Crippen molar-refractivity contribution in [1.29, 1.82) is 0 Å². The molecule has 0 saturated heterocycles. The summed E-state index contributed by atoms with van der Waals surface area (Å²) in [6, 6.07) is 9.22. The van der Waals surface area contributed by atoms with E-state index in [2.05, 4.69) is 20.9 Å².